The van der Waals surface area contributed by atoms with Crippen molar-refractivity contribution in [2.24, 2.45) is 5.73 Å². The molecule has 0 heterocycles. The van der Waals surface area contributed by atoms with E-state index in [0.717, 1.165) is 22.2 Å². The molecule has 5 heteroatoms. The molecule has 19 heavy (non-hydrogen) atoms. The number of benzene rings is 2. The molecule has 0 aliphatic rings. The number of nitrogens with two attached hydrogens (primary N) is 1. The molecule has 0 aromatic heterocycles. The van der Waals surface area contributed by atoms with Crippen molar-refractivity contribution >= 4 is 39.1 Å². The molecule has 2 nitrogen and oxygen atoms in total. The number of hydrogen-bond acceptors (Lipinski definition) is 2. The van der Waals surface area contributed by atoms with E-state index in [-0.39, 0.29) is 0 Å². The summed E-state index contributed by atoms with van der Waals surface area (Å²) in [4.78, 5) is 0. The molecule has 0 bridgehead atoms. The van der Waals surface area contributed by atoms with Crippen LogP contribution in [0.2, 0.25) is 10.0 Å². The predicted octanol–water partition coefficient (Wildman–Crippen LogP) is 5.05. The molecule has 0 saturated carbocycles. The summed E-state index contributed by atoms with van der Waals surface area (Å²) in [5.74, 6) is 1.42. The molecule has 0 amide bonds. The first-order valence-electron chi connectivity index (χ1n) is 5.71. The van der Waals surface area contributed by atoms with E-state index < -0.39 is 0 Å². The summed E-state index contributed by atoms with van der Waals surface area (Å²) in [6.45, 7) is 0.564. The van der Waals surface area contributed by atoms with Crippen molar-refractivity contribution in [1.82, 2.24) is 0 Å². The quantitative estimate of drug-likeness (QED) is 0.827. The van der Waals surface area contributed by atoms with Crippen molar-refractivity contribution in [1.29, 1.82) is 0 Å². The zero-order chi connectivity index (χ0) is 13.8. The predicted molar refractivity (Wildman–Crippen MR) is 83.4 cm³/mol. The summed E-state index contributed by atoms with van der Waals surface area (Å²) in [5, 5.41) is 0.976. The lowest BCUT2D eigenvalue weighted by molar-refractivity contribution is 0.476. The van der Waals surface area contributed by atoms with Crippen LogP contribution in [0.4, 0.5) is 0 Å². The number of rotatable bonds is 4. The van der Waals surface area contributed by atoms with Crippen molar-refractivity contribution in [3.8, 4) is 11.5 Å². The van der Waals surface area contributed by atoms with Crippen LogP contribution in [0.3, 0.4) is 0 Å². The van der Waals surface area contributed by atoms with Crippen LogP contribution in [0.1, 0.15) is 5.56 Å². The molecule has 100 valence electrons. The van der Waals surface area contributed by atoms with Gasteiger partial charge in [-0.05, 0) is 48.9 Å². The van der Waals surface area contributed by atoms with E-state index in [1.54, 1.807) is 18.2 Å². The van der Waals surface area contributed by atoms with Gasteiger partial charge in [-0.3, -0.25) is 0 Å². The molecule has 2 aromatic carbocycles. The molecule has 2 rings (SSSR count). The van der Waals surface area contributed by atoms with Crippen LogP contribution >= 0.6 is 39.1 Å². The van der Waals surface area contributed by atoms with Gasteiger partial charge < -0.3 is 10.5 Å². The molecule has 2 aromatic rings. The minimum Gasteiger partial charge on any atom is -0.457 e. The summed E-state index contributed by atoms with van der Waals surface area (Å²) in [6, 6.07) is 11.0. The zero-order valence-electron chi connectivity index (χ0n) is 10.00. The van der Waals surface area contributed by atoms with E-state index in [4.69, 9.17) is 33.7 Å². The Kier molecular flexibility index (Phi) is 5.11. The van der Waals surface area contributed by atoms with Crippen molar-refractivity contribution in [3.63, 3.8) is 0 Å². The first-order valence-corrected chi connectivity index (χ1v) is 7.26. The minimum atomic E-state index is 0.469. The number of hydrogen-bond donors (Lipinski definition) is 1. The Hall–Kier alpha value is -0.740. The molecular formula is C14H12BrCl2NO. The van der Waals surface area contributed by atoms with Gasteiger partial charge in [0.05, 0.1) is 10.0 Å². The lowest BCUT2D eigenvalue weighted by Gasteiger charge is -2.11. The average molecular weight is 361 g/mol. The van der Waals surface area contributed by atoms with E-state index >= 15 is 0 Å². The fraction of sp³-hybridized carbons (Fsp3) is 0.143. The highest BCUT2D eigenvalue weighted by molar-refractivity contribution is 9.10. The van der Waals surface area contributed by atoms with Crippen LogP contribution in [-0.2, 0) is 6.42 Å². The van der Waals surface area contributed by atoms with Gasteiger partial charge in [-0.2, -0.15) is 0 Å². The highest BCUT2D eigenvalue weighted by Crippen LogP contribution is 2.32. The minimum absolute atomic E-state index is 0.469. The Labute approximate surface area is 130 Å². The Morgan fingerprint density at radius 1 is 1.05 bits per heavy atom. The van der Waals surface area contributed by atoms with Crippen LogP contribution in [0.5, 0.6) is 11.5 Å². The Bertz CT molecular complexity index is 590. The van der Waals surface area contributed by atoms with Crippen molar-refractivity contribution in [2.75, 3.05) is 6.54 Å². The van der Waals surface area contributed by atoms with Crippen molar-refractivity contribution in [2.45, 2.75) is 6.42 Å². The monoisotopic (exact) mass is 359 g/mol. The fourth-order valence-electron chi connectivity index (χ4n) is 1.67. The van der Waals surface area contributed by atoms with E-state index in [0.29, 0.717) is 22.3 Å². The third kappa shape index (κ3) is 3.86. The molecule has 0 aliphatic carbocycles. The Morgan fingerprint density at radius 3 is 2.53 bits per heavy atom. The first-order chi connectivity index (χ1) is 9.10. The Morgan fingerprint density at radius 2 is 1.84 bits per heavy atom. The largest absolute Gasteiger partial charge is 0.457 e. The molecule has 0 radical (unpaired) electrons. The highest BCUT2D eigenvalue weighted by Gasteiger charge is 2.07. The molecule has 2 N–H and O–H groups in total. The summed E-state index contributed by atoms with van der Waals surface area (Å²) >= 11 is 15.3. The van der Waals surface area contributed by atoms with Gasteiger partial charge in [0.15, 0.2) is 0 Å². The standard InChI is InChI=1S/C14H12BrCl2NO/c15-10-1-4-14(9(7-10)5-6-18)19-11-2-3-12(16)13(17)8-11/h1-4,7-8H,5-6,18H2. The van der Waals surface area contributed by atoms with E-state index in [1.165, 1.54) is 0 Å². The lowest BCUT2D eigenvalue weighted by atomic mass is 10.1. The summed E-state index contributed by atoms with van der Waals surface area (Å²) in [7, 11) is 0. The Balaban J connectivity index is 2.29. The fourth-order valence-corrected chi connectivity index (χ4v) is 2.36. The van der Waals surface area contributed by atoms with Crippen LogP contribution in [0, 0.1) is 0 Å². The zero-order valence-corrected chi connectivity index (χ0v) is 13.1. The summed E-state index contributed by atoms with van der Waals surface area (Å²) in [6.07, 6.45) is 0.746. The van der Waals surface area contributed by atoms with Crippen molar-refractivity contribution in [3.05, 3.63) is 56.5 Å². The molecule has 0 spiro atoms. The van der Waals surface area contributed by atoms with Crippen LogP contribution in [0.15, 0.2) is 40.9 Å². The normalized spacial score (nSPS) is 10.5. The number of halogens is 3. The SMILES string of the molecule is NCCc1cc(Br)ccc1Oc1ccc(Cl)c(Cl)c1. The van der Waals surface area contributed by atoms with Gasteiger partial charge in [0.1, 0.15) is 11.5 Å². The van der Waals surface area contributed by atoms with Crippen LogP contribution in [0.25, 0.3) is 0 Å². The van der Waals surface area contributed by atoms with Crippen LogP contribution < -0.4 is 10.5 Å². The molecule has 0 atom stereocenters. The smallest absolute Gasteiger partial charge is 0.130 e. The molecule has 0 saturated heterocycles. The van der Waals surface area contributed by atoms with Gasteiger partial charge in [0.25, 0.3) is 0 Å². The lowest BCUT2D eigenvalue weighted by Crippen LogP contribution is -2.04. The second-order valence-corrected chi connectivity index (χ2v) is 5.70. The van der Waals surface area contributed by atoms with E-state index in [1.807, 2.05) is 18.2 Å². The van der Waals surface area contributed by atoms with Gasteiger partial charge in [0.2, 0.25) is 0 Å². The second kappa shape index (κ2) is 6.62. The van der Waals surface area contributed by atoms with E-state index in [9.17, 15) is 0 Å². The van der Waals surface area contributed by atoms with Gasteiger partial charge in [-0.1, -0.05) is 39.1 Å². The van der Waals surface area contributed by atoms with Gasteiger partial charge in [-0.25, -0.2) is 0 Å². The number of ether oxygens (including phenoxy) is 1. The third-order valence-corrected chi connectivity index (χ3v) is 3.79. The molecule has 0 aliphatic heterocycles. The topological polar surface area (TPSA) is 35.2 Å². The van der Waals surface area contributed by atoms with E-state index in [2.05, 4.69) is 15.9 Å². The molecule has 0 unspecified atom stereocenters. The van der Waals surface area contributed by atoms with Gasteiger partial charge in [0, 0.05) is 10.5 Å². The van der Waals surface area contributed by atoms with Gasteiger partial charge >= 0.3 is 0 Å². The maximum atomic E-state index is 5.97. The first kappa shape index (κ1) is 14.7. The third-order valence-electron chi connectivity index (χ3n) is 2.56. The van der Waals surface area contributed by atoms with Crippen LogP contribution in [-0.4, -0.2) is 6.54 Å². The molecule has 0 fully saturated rings. The summed E-state index contributed by atoms with van der Waals surface area (Å²) in [5.41, 5.74) is 6.65. The molecular weight excluding hydrogens is 349 g/mol. The maximum absolute atomic E-state index is 5.97. The van der Waals surface area contributed by atoms with Crippen molar-refractivity contribution < 1.29 is 4.74 Å². The van der Waals surface area contributed by atoms with Gasteiger partial charge in [-0.15, -0.1) is 0 Å². The average Bonchev–Trinajstić information content (AvgIpc) is 2.37. The maximum Gasteiger partial charge on any atom is 0.130 e. The summed E-state index contributed by atoms with van der Waals surface area (Å²) < 4.78 is 6.83. The highest BCUT2D eigenvalue weighted by atomic mass is 79.9. The second-order valence-electron chi connectivity index (χ2n) is 3.97.